The third kappa shape index (κ3) is 6.48. The maximum atomic E-state index is 13.0. The van der Waals surface area contributed by atoms with Crippen LogP contribution in [0.2, 0.25) is 5.02 Å². The number of halogens is 1. The zero-order valence-corrected chi connectivity index (χ0v) is 20.9. The van der Waals surface area contributed by atoms with Crippen LogP contribution in [-0.4, -0.2) is 28.9 Å². The summed E-state index contributed by atoms with van der Waals surface area (Å²) in [5.41, 5.74) is 1.86. The zero-order chi connectivity index (χ0) is 23.4. The molecule has 2 aromatic heterocycles. The van der Waals surface area contributed by atoms with E-state index in [1.165, 1.54) is 24.2 Å². The van der Waals surface area contributed by atoms with Gasteiger partial charge in [0.15, 0.2) is 0 Å². The van der Waals surface area contributed by atoms with E-state index in [9.17, 15) is 9.59 Å². The summed E-state index contributed by atoms with van der Waals surface area (Å²) in [6.45, 7) is 4.11. The van der Waals surface area contributed by atoms with Gasteiger partial charge >= 0.3 is 0 Å². The highest BCUT2D eigenvalue weighted by molar-refractivity contribution is 7.14. The van der Waals surface area contributed by atoms with Crippen LogP contribution in [0.15, 0.2) is 24.4 Å². The summed E-state index contributed by atoms with van der Waals surface area (Å²) in [6, 6.07) is 5.51. The lowest BCUT2D eigenvalue weighted by molar-refractivity contribution is -0.123. The Kier molecular flexibility index (Phi) is 7.91. The van der Waals surface area contributed by atoms with Crippen LogP contribution in [0.25, 0.3) is 0 Å². The van der Waals surface area contributed by atoms with Gasteiger partial charge in [-0.1, -0.05) is 44.2 Å². The molecule has 2 fully saturated rings. The first-order valence-electron chi connectivity index (χ1n) is 12.0. The van der Waals surface area contributed by atoms with Gasteiger partial charge in [0, 0.05) is 17.1 Å². The van der Waals surface area contributed by atoms with Crippen molar-refractivity contribution >= 4 is 40.4 Å². The smallest absolute Gasteiger partial charge is 0.262 e. The minimum atomic E-state index is -0.466. The highest BCUT2D eigenvalue weighted by Gasteiger charge is 2.31. The van der Waals surface area contributed by atoms with Crippen LogP contribution in [0, 0.1) is 5.92 Å². The monoisotopic (exact) mass is 488 g/mol. The van der Waals surface area contributed by atoms with Gasteiger partial charge < -0.3 is 16.0 Å². The Labute approximate surface area is 204 Å². The Morgan fingerprint density at radius 2 is 1.97 bits per heavy atom. The SMILES string of the molecule is CCc1ncc(Cl)cc1N[C@H](C)c1ccc(C(=O)N[C@@H](CC2CCCC2)C(=O)NC2CC2)s1. The number of aryl methyl sites for hydroxylation is 1. The van der Waals surface area contributed by atoms with Gasteiger partial charge in [0.1, 0.15) is 6.04 Å². The molecule has 8 heteroatoms. The molecule has 2 aromatic rings. The normalized spacial score (nSPS) is 18.0. The average molecular weight is 489 g/mol. The molecule has 2 saturated carbocycles. The van der Waals surface area contributed by atoms with E-state index in [0.29, 0.717) is 15.8 Å². The quantitative estimate of drug-likeness (QED) is 0.413. The maximum absolute atomic E-state index is 13.0. The van der Waals surface area contributed by atoms with Crippen molar-refractivity contribution in [1.82, 2.24) is 15.6 Å². The summed E-state index contributed by atoms with van der Waals surface area (Å²) in [5.74, 6) is 0.304. The Bertz CT molecular complexity index is 985. The predicted molar refractivity (Wildman–Crippen MR) is 134 cm³/mol. The second-order valence-corrected chi connectivity index (χ2v) is 10.8. The summed E-state index contributed by atoms with van der Waals surface area (Å²) in [6.07, 6.45) is 9.99. The van der Waals surface area contributed by atoms with E-state index >= 15 is 0 Å². The molecule has 2 aliphatic carbocycles. The summed E-state index contributed by atoms with van der Waals surface area (Å²) < 4.78 is 0. The molecular weight excluding hydrogens is 456 g/mol. The number of rotatable bonds is 10. The summed E-state index contributed by atoms with van der Waals surface area (Å²) in [7, 11) is 0. The Balaban J connectivity index is 1.41. The first-order valence-corrected chi connectivity index (χ1v) is 13.2. The van der Waals surface area contributed by atoms with Crippen molar-refractivity contribution in [2.75, 3.05) is 5.32 Å². The number of carbonyl (C=O) groups is 2. The van der Waals surface area contributed by atoms with E-state index in [1.807, 2.05) is 18.2 Å². The molecule has 4 rings (SSSR count). The number of carbonyl (C=O) groups excluding carboxylic acids is 2. The van der Waals surface area contributed by atoms with E-state index in [-0.39, 0.29) is 23.9 Å². The predicted octanol–water partition coefficient (Wildman–Crippen LogP) is 5.49. The van der Waals surface area contributed by atoms with E-state index in [0.717, 1.165) is 54.8 Å². The number of nitrogens with zero attached hydrogens (tertiary/aromatic N) is 1. The van der Waals surface area contributed by atoms with Crippen LogP contribution in [0.3, 0.4) is 0 Å². The van der Waals surface area contributed by atoms with Crippen LogP contribution in [0.5, 0.6) is 0 Å². The van der Waals surface area contributed by atoms with Gasteiger partial charge in [-0.15, -0.1) is 11.3 Å². The van der Waals surface area contributed by atoms with Crippen molar-refractivity contribution in [3.8, 4) is 0 Å². The molecule has 2 heterocycles. The number of hydrogen-bond acceptors (Lipinski definition) is 5. The molecule has 6 nitrogen and oxygen atoms in total. The van der Waals surface area contributed by atoms with Crippen molar-refractivity contribution in [3.63, 3.8) is 0 Å². The number of amides is 2. The third-order valence-electron chi connectivity index (χ3n) is 6.51. The topological polar surface area (TPSA) is 83.1 Å². The molecule has 0 spiro atoms. The average Bonchev–Trinajstić information content (AvgIpc) is 3.25. The van der Waals surface area contributed by atoms with Gasteiger partial charge in [-0.2, -0.15) is 0 Å². The third-order valence-corrected chi connectivity index (χ3v) is 7.98. The van der Waals surface area contributed by atoms with Gasteiger partial charge in [0.2, 0.25) is 5.91 Å². The molecule has 2 amide bonds. The van der Waals surface area contributed by atoms with E-state index in [1.54, 1.807) is 6.20 Å². The molecule has 0 aliphatic heterocycles. The molecule has 33 heavy (non-hydrogen) atoms. The highest BCUT2D eigenvalue weighted by atomic mass is 35.5. The van der Waals surface area contributed by atoms with Crippen molar-refractivity contribution in [3.05, 3.63) is 44.9 Å². The molecule has 0 bridgehead atoms. The zero-order valence-electron chi connectivity index (χ0n) is 19.3. The number of anilines is 1. The van der Waals surface area contributed by atoms with Crippen LogP contribution < -0.4 is 16.0 Å². The lowest BCUT2D eigenvalue weighted by Crippen LogP contribution is -2.48. The van der Waals surface area contributed by atoms with Crippen LogP contribution in [-0.2, 0) is 11.2 Å². The van der Waals surface area contributed by atoms with Crippen molar-refractivity contribution < 1.29 is 9.59 Å². The van der Waals surface area contributed by atoms with E-state index in [4.69, 9.17) is 11.6 Å². The van der Waals surface area contributed by atoms with Gasteiger partial charge in [0.25, 0.3) is 5.91 Å². The second-order valence-electron chi connectivity index (χ2n) is 9.26. The molecule has 2 atom stereocenters. The molecule has 178 valence electrons. The lowest BCUT2D eigenvalue weighted by Gasteiger charge is -2.21. The van der Waals surface area contributed by atoms with Gasteiger partial charge in [0.05, 0.1) is 27.3 Å². The van der Waals surface area contributed by atoms with Crippen molar-refractivity contribution in [1.29, 1.82) is 0 Å². The van der Waals surface area contributed by atoms with Crippen LogP contribution in [0.4, 0.5) is 5.69 Å². The molecule has 0 saturated heterocycles. The van der Waals surface area contributed by atoms with Gasteiger partial charge in [-0.05, 0) is 56.7 Å². The number of thiophene rings is 1. The molecule has 2 aliphatic rings. The fourth-order valence-electron chi connectivity index (χ4n) is 4.46. The van der Waals surface area contributed by atoms with E-state index < -0.39 is 6.04 Å². The summed E-state index contributed by atoms with van der Waals surface area (Å²) in [5, 5.41) is 10.2. The summed E-state index contributed by atoms with van der Waals surface area (Å²) >= 11 is 7.58. The summed E-state index contributed by atoms with van der Waals surface area (Å²) in [4.78, 5) is 31.9. The highest BCUT2D eigenvalue weighted by Crippen LogP contribution is 2.31. The number of pyridine rings is 1. The lowest BCUT2D eigenvalue weighted by atomic mass is 9.97. The van der Waals surface area contributed by atoms with Crippen molar-refractivity contribution in [2.24, 2.45) is 5.92 Å². The minimum absolute atomic E-state index is 0.00503. The fourth-order valence-corrected chi connectivity index (χ4v) is 5.53. The van der Waals surface area contributed by atoms with Crippen molar-refractivity contribution in [2.45, 2.75) is 83.3 Å². The first kappa shape index (κ1) is 24.0. The Morgan fingerprint density at radius 1 is 1.21 bits per heavy atom. The molecule has 0 aromatic carbocycles. The van der Waals surface area contributed by atoms with Gasteiger partial charge in [-0.3, -0.25) is 14.6 Å². The fraction of sp³-hybridized carbons (Fsp3) is 0.560. The Hall–Kier alpha value is -2.12. The number of nitrogens with one attached hydrogen (secondary N) is 3. The molecule has 0 unspecified atom stereocenters. The van der Waals surface area contributed by atoms with Gasteiger partial charge in [-0.25, -0.2) is 0 Å². The maximum Gasteiger partial charge on any atom is 0.262 e. The molecule has 3 N–H and O–H groups in total. The minimum Gasteiger partial charge on any atom is -0.376 e. The number of aromatic nitrogens is 1. The first-order chi connectivity index (χ1) is 15.9. The van der Waals surface area contributed by atoms with E-state index in [2.05, 4.69) is 34.8 Å². The van der Waals surface area contributed by atoms with Crippen LogP contribution in [0.1, 0.15) is 85.1 Å². The molecule has 0 radical (unpaired) electrons. The Morgan fingerprint density at radius 3 is 2.67 bits per heavy atom. The largest absolute Gasteiger partial charge is 0.376 e. The number of hydrogen-bond donors (Lipinski definition) is 3. The van der Waals surface area contributed by atoms with Crippen LogP contribution >= 0.6 is 22.9 Å². The molecular formula is C25H33ClN4O2S. The standard InChI is InChI=1S/C25H33ClN4O2S/c1-3-19-20(13-17(26)14-27-19)28-15(2)22-10-11-23(33-22)25(32)30-21(12-16-6-4-5-7-16)24(31)29-18-8-9-18/h10-11,13-16,18,21,28H,3-9,12H2,1-2H3,(H,29,31)(H,30,32)/t15-,21+/m1/s1. The second kappa shape index (κ2) is 10.9.